The van der Waals surface area contributed by atoms with Crippen LogP contribution >= 0.6 is 0 Å². The third-order valence-electron chi connectivity index (χ3n) is 4.02. The smallest absolute Gasteiger partial charge is 0.221 e. The van der Waals surface area contributed by atoms with E-state index in [0.29, 0.717) is 18.3 Å². The molecule has 0 aromatic heterocycles. The van der Waals surface area contributed by atoms with Crippen molar-refractivity contribution in [3.05, 3.63) is 42.0 Å². The molecule has 1 aromatic carbocycles. The van der Waals surface area contributed by atoms with Gasteiger partial charge in [-0.2, -0.15) is 0 Å². The van der Waals surface area contributed by atoms with E-state index in [4.69, 9.17) is 4.74 Å². The molecule has 0 saturated heterocycles. The minimum Gasteiger partial charge on any atom is -0.497 e. The first-order valence-corrected chi connectivity index (χ1v) is 7.70. The summed E-state index contributed by atoms with van der Waals surface area (Å²) in [6, 6.07) is 7.99. The van der Waals surface area contributed by atoms with Gasteiger partial charge in [0, 0.05) is 6.42 Å². The Morgan fingerprint density at radius 3 is 2.57 bits per heavy atom. The quantitative estimate of drug-likeness (QED) is 0.807. The molecule has 0 saturated carbocycles. The van der Waals surface area contributed by atoms with Crippen LogP contribution in [0.5, 0.6) is 5.75 Å². The largest absolute Gasteiger partial charge is 0.497 e. The minimum absolute atomic E-state index is 0.0498. The highest BCUT2D eigenvalue weighted by Gasteiger charge is 2.20. The molecule has 2 rings (SSSR count). The Bertz CT molecular complexity index is 490. The Morgan fingerprint density at radius 1 is 1.33 bits per heavy atom. The van der Waals surface area contributed by atoms with Crippen LogP contribution in [0.4, 0.5) is 0 Å². The van der Waals surface area contributed by atoms with Gasteiger partial charge in [0.2, 0.25) is 5.91 Å². The van der Waals surface area contributed by atoms with Crippen molar-refractivity contribution >= 4 is 5.91 Å². The van der Waals surface area contributed by atoms with Crippen molar-refractivity contribution in [2.45, 2.75) is 39.2 Å². The number of ether oxygens (including phenoxy) is 1. The Hall–Kier alpha value is -1.77. The van der Waals surface area contributed by atoms with Crippen LogP contribution in [0.25, 0.3) is 0 Å². The van der Waals surface area contributed by atoms with Gasteiger partial charge < -0.3 is 10.1 Å². The number of hydrogen-bond donors (Lipinski definition) is 1. The molecule has 0 fully saturated rings. The lowest BCUT2D eigenvalue weighted by atomic mass is 9.95. The first-order valence-electron chi connectivity index (χ1n) is 7.70. The molecule has 0 heterocycles. The molecule has 0 spiro atoms. The molecule has 3 nitrogen and oxygen atoms in total. The Labute approximate surface area is 127 Å². The Balaban J connectivity index is 2.00. The van der Waals surface area contributed by atoms with Gasteiger partial charge in [-0.3, -0.25) is 4.79 Å². The predicted octanol–water partition coefficient (Wildman–Crippen LogP) is 3.86. The highest BCUT2D eigenvalue weighted by molar-refractivity contribution is 5.77. The number of allylic oxidation sites excluding steroid dienone is 2. The predicted molar refractivity (Wildman–Crippen MR) is 85.2 cm³/mol. The van der Waals surface area contributed by atoms with Crippen molar-refractivity contribution in [2.75, 3.05) is 7.11 Å². The molecule has 0 aliphatic heterocycles. The molecule has 0 bridgehead atoms. The molecule has 3 heteroatoms. The molecule has 0 unspecified atom stereocenters. The van der Waals surface area contributed by atoms with Crippen LogP contribution in [-0.2, 0) is 4.79 Å². The lowest BCUT2D eigenvalue weighted by Crippen LogP contribution is -2.32. The summed E-state index contributed by atoms with van der Waals surface area (Å²) in [5, 5.41) is 3.18. The van der Waals surface area contributed by atoms with Gasteiger partial charge in [-0.1, -0.05) is 38.1 Å². The maximum Gasteiger partial charge on any atom is 0.221 e. The molecule has 1 N–H and O–H groups in total. The van der Waals surface area contributed by atoms with Crippen LogP contribution in [0.2, 0.25) is 0 Å². The molecule has 2 atom stereocenters. The van der Waals surface area contributed by atoms with Crippen molar-refractivity contribution in [3.8, 4) is 5.75 Å². The second-order valence-electron chi connectivity index (χ2n) is 6.03. The monoisotopic (exact) mass is 287 g/mol. The van der Waals surface area contributed by atoms with E-state index < -0.39 is 0 Å². The van der Waals surface area contributed by atoms with Crippen molar-refractivity contribution in [1.82, 2.24) is 5.32 Å². The van der Waals surface area contributed by atoms with Gasteiger partial charge in [0.1, 0.15) is 5.75 Å². The molecule has 0 radical (unpaired) electrons. The van der Waals surface area contributed by atoms with Crippen LogP contribution in [0, 0.1) is 11.8 Å². The van der Waals surface area contributed by atoms with Gasteiger partial charge in [0.15, 0.2) is 0 Å². The second-order valence-corrected chi connectivity index (χ2v) is 6.03. The zero-order valence-electron chi connectivity index (χ0n) is 13.1. The topological polar surface area (TPSA) is 38.3 Å². The SMILES string of the molecule is COc1ccc([C@H](NC(=O)C[C@H]2C=CCC2)C(C)C)cc1. The summed E-state index contributed by atoms with van der Waals surface area (Å²) in [5.74, 6) is 1.74. The molecule has 1 aliphatic carbocycles. The molecule has 1 aliphatic rings. The number of carbonyl (C=O) groups is 1. The number of carbonyl (C=O) groups excluding carboxylic acids is 1. The Kier molecular flexibility index (Phi) is 5.43. The van der Waals surface area contributed by atoms with E-state index in [9.17, 15) is 4.79 Å². The first kappa shape index (κ1) is 15.6. The van der Waals surface area contributed by atoms with Gasteiger partial charge in [0.25, 0.3) is 0 Å². The number of amides is 1. The summed E-state index contributed by atoms with van der Waals surface area (Å²) in [6.07, 6.45) is 7.13. The average molecular weight is 287 g/mol. The minimum atomic E-state index is 0.0498. The van der Waals surface area contributed by atoms with Crippen molar-refractivity contribution < 1.29 is 9.53 Å². The van der Waals surface area contributed by atoms with Gasteiger partial charge in [0.05, 0.1) is 13.2 Å². The third kappa shape index (κ3) is 4.35. The maximum absolute atomic E-state index is 12.2. The summed E-state index contributed by atoms with van der Waals surface area (Å²) in [6.45, 7) is 4.26. The molecule has 21 heavy (non-hydrogen) atoms. The van der Waals surface area contributed by atoms with Crippen LogP contribution in [0.1, 0.15) is 44.7 Å². The van der Waals surface area contributed by atoms with E-state index in [2.05, 4.69) is 31.3 Å². The molecule has 1 aromatic rings. The van der Waals surface area contributed by atoms with Crippen molar-refractivity contribution in [3.63, 3.8) is 0 Å². The van der Waals surface area contributed by atoms with E-state index in [1.807, 2.05) is 24.3 Å². The summed E-state index contributed by atoms with van der Waals surface area (Å²) in [4.78, 5) is 12.2. The fraction of sp³-hybridized carbons (Fsp3) is 0.500. The third-order valence-corrected chi connectivity index (χ3v) is 4.02. The summed E-state index contributed by atoms with van der Waals surface area (Å²) in [5.41, 5.74) is 1.13. The van der Waals surface area contributed by atoms with E-state index >= 15 is 0 Å². The lowest BCUT2D eigenvalue weighted by Gasteiger charge is -2.24. The molecular formula is C18H25NO2. The Morgan fingerprint density at radius 2 is 2.05 bits per heavy atom. The van der Waals surface area contributed by atoms with Gasteiger partial charge in [-0.05, 0) is 42.4 Å². The fourth-order valence-electron chi connectivity index (χ4n) is 2.78. The zero-order chi connectivity index (χ0) is 15.2. The number of rotatable bonds is 6. The van der Waals surface area contributed by atoms with Crippen LogP contribution in [-0.4, -0.2) is 13.0 Å². The maximum atomic E-state index is 12.2. The highest BCUT2D eigenvalue weighted by atomic mass is 16.5. The van der Waals surface area contributed by atoms with Crippen LogP contribution < -0.4 is 10.1 Å². The van der Waals surface area contributed by atoms with Gasteiger partial charge in [-0.15, -0.1) is 0 Å². The van der Waals surface area contributed by atoms with E-state index in [1.165, 1.54) is 0 Å². The number of hydrogen-bond acceptors (Lipinski definition) is 2. The van der Waals surface area contributed by atoms with E-state index in [-0.39, 0.29) is 11.9 Å². The summed E-state index contributed by atoms with van der Waals surface area (Å²) >= 11 is 0. The summed E-state index contributed by atoms with van der Waals surface area (Å²) in [7, 11) is 1.66. The number of methoxy groups -OCH3 is 1. The number of nitrogens with one attached hydrogen (secondary N) is 1. The second kappa shape index (κ2) is 7.30. The summed E-state index contributed by atoms with van der Waals surface area (Å²) < 4.78 is 5.18. The van der Waals surface area contributed by atoms with Crippen molar-refractivity contribution in [2.24, 2.45) is 11.8 Å². The lowest BCUT2D eigenvalue weighted by molar-refractivity contribution is -0.122. The van der Waals surface area contributed by atoms with E-state index in [1.54, 1.807) is 7.11 Å². The number of benzene rings is 1. The van der Waals surface area contributed by atoms with Crippen LogP contribution in [0.3, 0.4) is 0 Å². The van der Waals surface area contributed by atoms with Gasteiger partial charge in [-0.25, -0.2) is 0 Å². The normalized spacial score (nSPS) is 18.8. The molecule has 1 amide bonds. The van der Waals surface area contributed by atoms with Gasteiger partial charge >= 0.3 is 0 Å². The first-order chi connectivity index (χ1) is 10.1. The van der Waals surface area contributed by atoms with Crippen molar-refractivity contribution in [1.29, 1.82) is 0 Å². The zero-order valence-corrected chi connectivity index (χ0v) is 13.1. The molecule has 114 valence electrons. The van der Waals surface area contributed by atoms with E-state index in [0.717, 1.165) is 24.2 Å². The standard InChI is InChI=1S/C18H25NO2/c1-13(2)18(15-8-10-16(21-3)11-9-15)19-17(20)12-14-6-4-5-7-14/h4,6,8-11,13-14,18H,5,7,12H2,1-3H3,(H,19,20)/t14-,18+/m0/s1. The highest BCUT2D eigenvalue weighted by Crippen LogP contribution is 2.25. The molecular weight excluding hydrogens is 262 g/mol. The fourth-order valence-corrected chi connectivity index (χ4v) is 2.78. The average Bonchev–Trinajstić information content (AvgIpc) is 2.97. The van der Waals surface area contributed by atoms with Crippen LogP contribution in [0.15, 0.2) is 36.4 Å².